The van der Waals surface area contributed by atoms with Gasteiger partial charge in [0, 0.05) is 6.54 Å². The van der Waals surface area contributed by atoms with Crippen molar-refractivity contribution in [2.75, 3.05) is 6.54 Å². The number of hydrogen-bond donors (Lipinski definition) is 3. The average molecular weight is 305 g/mol. The molecule has 1 heterocycles. The highest BCUT2D eigenvalue weighted by Gasteiger charge is 2.28. The number of nitrogens with one attached hydrogen (secondary N) is 3. The summed E-state index contributed by atoms with van der Waals surface area (Å²) in [6.45, 7) is 0.705. The Bertz CT molecular complexity index is 533. The van der Waals surface area contributed by atoms with E-state index in [-0.39, 0.29) is 12.5 Å². The summed E-state index contributed by atoms with van der Waals surface area (Å²) in [6.07, 6.45) is 1.52. The fourth-order valence-electron chi connectivity index (χ4n) is 2.10. The molecule has 0 aromatic heterocycles. The van der Waals surface area contributed by atoms with E-state index in [2.05, 4.69) is 16.0 Å². The molecule has 1 saturated heterocycles. The van der Waals surface area contributed by atoms with Crippen molar-refractivity contribution in [1.82, 2.24) is 16.0 Å². The van der Waals surface area contributed by atoms with Crippen LogP contribution in [0.4, 0.5) is 9.59 Å². The maximum absolute atomic E-state index is 11.5. The van der Waals surface area contributed by atoms with E-state index >= 15 is 0 Å². The minimum atomic E-state index is -0.462. The molecule has 1 aliphatic rings. The van der Waals surface area contributed by atoms with Crippen LogP contribution in [-0.4, -0.2) is 30.6 Å². The Kier molecular flexibility index (Phi) is 5.76. The molecule has 0 aliphatic carbocycles. The lowest BCUT2D eigenvalue weighted by molar-refractivity contribution is -0.120. The number of rotatable bonds is 7. The van der Waals surface area contributed by atoms with Crippen LogP contribution in [-0.2, 0) is 16.1 Å². The Hall–Kier alpha value is -2.57. The van der Waals surface area contributed by atoms with Crippen LogP contribution in [0.2, 0.25) is 0 Å². The second-order valence-corrected chi connectivity index (χ2v) is 5.00. The van der Waals surface area contributed by atoms with Crippen molar-refractivity contribution in [2.24, 2.45) is 0 Å². The number of hydrogen-bond acceptors (Lipinski definition) is 4. The molecule has 7 nitrogen and oxygen atoms in total. The molecular formula is C15H19N3O4. The molecule has 22 heavy (non-hydrogen) atoms. The van der Waals surface area contributed by atoms with Crippen LogP contribution >= 0.6 is 0 Å². The van der Waals surface area contributed by atoms with Crippen LogP contribution in [0.15, 0.2) is 30.3 Å². The van der Waals surface area contributed by atoms with Crippen molar-refractivity contribution in [3.8, 4) is 0 Å². The van der Waals surface area contributed by atoms with Gasteiger partial charge in [0.2, 0.25) is 0 Å². The molecular weight excluding hydrogens is 286 g/mol. The quantitative estimate of drug-likeness (QED) is 0.522. The van der Waals surface area contributed by atoms with Crippen LogP contribution in [0.1, 0.15) is 24.8 Å². The molecule has 1 unspecified atom stereocenters. The number of benzene rings is 1. The van der Waals surface area contributed by atoms with Gasteiger partial charge in [-0.05, 0) is 24.8 Å². The first-order valence-electron chi connectivity index (χ1n) is 7.21. The predicted octanol–water partition coefficient (Wildman–Crippen LogP) is 1.29. The molecule has 4 amide bonds. The summed E-state index contributed by atoms with van der Waals surface area (Å²) in [7, 11) is 0. The lowest BCUT2D eigenvalue weighted by atomic mass is 10.1. The van der Waals surface area contributed by atoms with Gasteiger partial charge < -0.3 is 15.4 Å². The van der Waals surface area contributed by atoms with Crippen LogP contribution in [0.25, 0.3) is 0 Å². The van der Waals surface area contributed by atoms with E-state index in [1.807, 2.05) is 30.3 Å². The van der Waals surface area contributed by atoms with Gasteiger partial charge in [-0.25, -0.2) is 9.59 Å². The van der Waals surface area contributed by atoms with Crippen LogP contribution < -0.4 is 16.0 Å². The van der Waals surface area contributed by atoms with Gasteiger partial charge in [-0.1, -0.05) is 30.3 Å². The van der Waals surface area contributed by atoms with E-state index in [0.717, 1.165) is 12.0 Å². The van der Waals surface area contributed by atoms with Gasteiger partial charge >= 0.3 is 12.1 Å². The highest BCUT2D eigenvalue weighted by atomic mass is 16.5. The maximum Gasteiger partial charge on any atom is 0.407 e. The topological polar surface area (TPSA) is 96.5 Å². The number of unbranched alkanes of at least 4 members (excludes halogenated alkanes) is 1. The van der Waals surface area contributed by atoms with Gasteiger partial charge in [0.25, 0.3) is 5.91 Å². The van der Waals surface area contributed by atoms with E-state index in [9.17, 15) is 14.4 Å². The van der Waals surface area contributed by atoms with Crippen molar-refractivity contribution < 1.29 is 19.1 Å². The average Bonchev–Trinajstić information content (AvgIpc) is 2.84. The second kappa shape index (κ2) is 8.02. The number of ether oxygens (including phenoxy) is 1. The SMILES string of the molecule is O=C1NC(=O)C(CCCCNC(=O)OCc2ccccc2)N1. The number of carbonyl (C=O) groups is 3. The first-order valence-corrected chi connectivity index (χ1v) is 7.21. The Morgan fingerprint density at radius 1 is 1.18 bits per heavy atom. The third-order valence-corrected chi connectivity index (χ3v) is 3.26. The van der Waals surface area contributed by atoms with Gasteiger partial charge in [0.15, 0.2) is 0 Å². The third-order valence-electron chi connectivity index (χ3n) is 3.26. The zero-order chi connectivity index (χ0) is 15.8. The number of urea groups is 1. The maximum atomic E-state index is 11.5. The van der Waals surface area contributed by atoms with E-state index in [0.29, 0.717) is 19.4 Å². The van der Waals surface area contributed by atoms with Crippen molar-refractivity contribution in [1.29, 1.82) is 0 Å². The number of alkyl carbamates (subject to hydrolysis) is 1. The Balaban J connectivity index is 1.52. The van der Waals surface area contributed by atoms with E-state index in [1.54, 1.807) is 0 Å². The lowest BCUT2D eigenvalue weighted by Crippen LogP contribution is -2.29. The molecule has 1 aromatic carbocycles. The summed E-state index contributed by atoms with van der Waals surface area (Å²) in [5.74, 6) is -0.291. The molecule has 0 saturated carbocycles. The van der Waals surface area contributed by atoms with E-state index < -0.39 is 18.2 Å². The largest absolute Gasteiger partial charge is 0.445 e. The third kappa shape index (κ3) is 5.08. The zero-order valence-electron chi connectivity index (χ0n) is 12.1. The second-order valence-electron chi connectivity index (χ2n) is 5.00. The smallest absolute Gasteiger partial charge is 0.407 e. The van der Waals surface area contributed by atoms with E-state index in [4.69, 9.17) is 4.74 Å². The fourth-order valence-corrected chi connectivity index (χ4v) is 2.10. The molecule has 3 N–H and O–H groups in total. The minimum absolute atomic E-state index is 0.237. The molecule has 1 aromatic rings. The predicted molar refractivity (Wildman–Crippen MR) is 78.9 cm³/mol. The standard InChI is InChI=1S/C15H19N3O4/c19-13-12(17-14(20)18-13)8-4-5-9-16-15(21)22-10-11-6-2-1-3-7-11/h1-3,6-7,12H,4-5,8-10H2,(H,16,21)(H2,17,18,19,20). The van der Waals surface area contributed by atoms with Crippen molar-refractivity contribution >= 4 is 18.0 Å². The number of amides is 4. The van der Waals surface area contributed by atoms with Crippen LogP contribution in [0.5, 0.6) is 0 Å². The molecule has 1 fully saturated rings. The van der Waals surface area contributed by atoms with Gasteiger partial charge in [-0.2, -0.15) is 0 Å². The van der Waals surface area contributed by atoms with Gasteiger partial charge in [-0.3, -0.25) is 10.1 Å². The Labute approximate surface area is 128 Å². The molecule has 118 valence electrons. The normalized spacial score (nSPS) is 16.8. The van der Waals surface area contributed by atoms with Gasteiger partial charge in [0.1, 0.15) is 12.6 Å². The minimum Gasteiger partial charge on any atom is -0.445 e. The van der Waals surface area contributed by atoms with Crippen molar-refractivity contribution in [3.05, 3.63) is 35.9 Å². The Morgan fingerprint density at radius 2 is 1.95 bits per heavy atom. The monoisotopic (exact) mass is 305 g/mol. The summed E-state index contributed by atoms with van der Waals surface area (Å²) in [5, 5.41) is 7.36. The highest BCUT2D eigenvalue weighted by molar-refractivity contribution is 6.04. The molecule has 1 aliphatic heterocycles. The molecule has 0 spiro atoms. The Morgan fingerprint density at radius 3 is 2.64 bits per heavy atom. The fraction of sp³-hybridized carbons (Fsp3) is 0.400. The highest BCUT2D eigenvalue weighted by Crippen LogP contribution is 2.05. The molecule has 1 atom stereocenters. The first kappa shape index (κ1) is 15.8. The molecule has 0 bridgehead atoms. The van der Waals surface area contributed by atoms with E-state index in [1.165, 1.54) is 0 Å². The summed E-state index contributed by atoms with van der Waals surface area (Å²) in [5.41, 5.74) is 0.931. The van der Waals surface area contributed by atoms with Crippen molar-refractivity contribution in [2.45, 2.75) is 31.9 Å². The molecule has 2 rings (SSSR count). The summed E-state index contributed by atoms with van der Waals surface area (Å²) in [4.78, 5) is 33.7. The summed E-state index contributed by atoms with van der Waals surface area (Å²) >= 11 is 0. The number of carbonyl (C=O) groups excluding carboxylic acids is 3. The summed E-state index contributed by atoms with van der Waals surface area (Å²) < 4.78 is 5.07. The lowest BCUT2D eigenvalue weighted by Gasteiger charge is -2.08. The molecule has 7 heteroatoms. The zero-order valence-corrected chi connectivity index (χ0v) is 12.1. The van der Waals surface area contributed by atoms with Gasteiger partial charge in [-0.15, -0.1) is 0 Å². The molecule has 0 radical (unpaired) electrons. The first-order chi connectivity index (χ1) is 10.6. The van der Waals surface area contributed by atoms with Crippen LogP contribution in [0, 0.1) is 0 Å². The van der Waals surface area contributed by atoms with Crippen molar-refractivity contribution in [3.63, 3.8) is 0 Å². The van der Waals surface area contributed by atoms with Gasteiger partial charge in [0.05, 0.1) is 0 Å². The summed E-state index contributed by atoms with van der Waals surface area (Å²) in [6, 6.07) is 8.53. The number of imide groups is 1. The van der Waals surface area contributed by atoms with Crippen LogP contribution in [0.3, 0.4) is 0 Å².